The van der Waals surface area contributed by atoms with Gasteiger partial charge in [-0.15, -0.1) is 0 Å². The fourth-order valence-corrected chi connectivity index (χ4v) is 11.3. The summed E-state index contributed by atoms with van der Waals surface area (Å²) in [5.41, 5.74) is 26.6. The molecule has 9 heterocycles. The molecule has 0 atom stereocenters. The lowest BCUT2D eigenvalue weighted by molar-refractivity contribution is 1.03. The molecule has 330 valence electrons. The first-order chi connectivity index (χ1) is 33.3. The van der Waals surface area contributed by atoms with E-state index in [2.05, 4.69) is 228 Å². The number of fused-ring (bicyclic) bond motifs is 12. The van der Waals surface area contributed by atoms with Gasteiger partial charge in [0.2, 0.25) is 0 Å². The molecular formula is C60H50N8. The average molecular weight is 883 g/mol. The van der Waals surface area contributed by atoms with Crippen LogP contribution in [0.5, 0.6) is 0 Å². The van der Waals surface area contributed by atoms with E-state index < -0.39 is 0 Å². The van der Waals surface area contributed by atoms with Crippen molar-refractivity contribution in [2.24, 2.45) is 0 Å². The molecule has 0 radical (unpaired) electrons. The average Bonchev–Trinajstić information content (AvgIpc) is 4.21. The second kappa shape index (κ2) is 15.6. The Bertz CT molecular complexity index is 3190. The Balaban J connectivity index is 1.16. The number of likely N-dealkylation sites (N-methyl/N-ethyl adjacent to an activating group) is 4. The van der Waals surface area contributed by atoms with Gasteiger partial charge in [0.25, 0.3) is 0 Å². The summed E-state index contributed by atoms with van der Waals surface area (Å²) in [7, 11) is 8.74. The highest BCUT2D eigenvalue weighted by atomic mass is 15.1. The first kappa shape index (κ1) is 40.0. The van der Waals surface area contributed by atoms with Gasteiger partial charge < -0.3 is 29.6 Å². The van der Waals surface area contributed by atoms with Crippen LogP contribution in [0.4, 0.5) is 22.7 Å². The van der Waals surface area contributed by atoms with Gasteiger partial charge in [0.1, 0.15) is 0 Å². The molecule has 3 aromatic heterocycles. The molecule has 8 nitrogen and oxygen atoms in total. The molecule has 13 rings (SSSR count). The molecule has 0 saturated carbocycles. The number of benzene rings is 4. The summed E-state index contributed by atoms with van der Waals surface area (Å²) in [5, 5.41) is 0. The van der Waals surface area contributed by atoms with E-state index in [-0.39, 0.29) is 0 Å². The van der Waals surface area contributed by atoms with E-state index in [0.29, 0.717) is 0 Å². The zero-order valence-corrected chi connectivity index (χ0v) is 38.7. The fraction of sp³-hybridized carbons (Fsp3) is 0.133. The lowest BCUT2D eigenvalue weighted by Crippen LogP contribution is -2.24. The molecule has 0 spiro atoms. The van der Waals surface area contributed by atoms with E-state index in [0.717, 1.165) is 93.3 Å². The van der Waals surface area contributed by atoms with Crippen molar-refractivity contribution in [3.63, 3.8) is 0 Å². The van der Waals surface area contributed by atoms with Gasteiger partial charge in [-0.05, 0) is 142 Å². The van der Waals surface area contributed by atoms with Gasteiger partial charge in [-0.1, -0.05) is 72.8 Å². The van der Waals surface area contributed by atoms with E-state index in [1.807, 2.05) is 0 Å². The minimum Gasteiger partial charge on any atom is -0.370 e. The largest absolute Gasteiger partial charge is 0.370 e. The molecule has 8 heteroatoms. The normalized spacial score (nSPS) is 15.8. The maximum Gasteiger partial charge on any atom is 0.0734 e. The van der Waals surface area contributed by atoms with Crippen LogP contribution < -0.4 is 19.6 Å². The van der Waals surface area contributed by atoms with Gasteiger partial charge in [-0.2, -0.15) is 0 Å². The minimum absolute atomic E-state index is 0.734. The SMILES string of the molecule is CN1CC(c2c3nc(c(C4=Cc5ccccc5N(C)C4)c4ccc([nH]4)c(C4=Cc5ccccc5N(C)C4)c4nc(c(C5=Cc6ccccc6N(C)C5)c5ccc2[nH]5)C=C4)C=C3)=Cc2ccccc21. The highest BCUT2D eigenvalue weighted by Gasteiger charge is 2.27. The second-order valence-electron chi connectivity index (χ2n) is 18.8. The highest BCUT2D eigenvalue weighted by Crippen LogP contribution is 2.42. The summed E-state index contributed by atoms with van der Waals surface area (Å²) in [4.78, 5) is 28.8. The summed E-state index contributed by atoms with van der Waals surface area (Å²) < 4.78 is 0. The molecule has 0 aliphatic carbocycles. The van der Waals surface area contributed by atoms with Crippen molar-refractivity contribution in [1.82, 2.24) is 19.9 Å². The van der Waals surface area contributed by atoms with Crippen LogP contribution in [0.3, 0.4) is 0 Å². The smallest absolute Gasteiger partial charge is 0.0734 e. The zero-order valence-electron chi connectivity index (χ0n) is 38.7. The standard InChI is InChI=1S/C60H50N8/c1-65-33-41(29-37-13-5-9-17-53(37)65)57-45-21-23-47(61-45)58(42-30-38-14-6-10-18-54(38)66(2)34-42)49-25-27-51(63-49)60(44-32-40-16-8-12-20-56(40)68(4)36-44)52-28-26-50(64-52)59(48-24-22-46(57)62-48)43-31-39-15-7-11-19-55(39)67(3)35-43/h5-32,61,64H,33-36H2,1-4H3. The first-order valence-corrected chi connectivity index (χ1v) is 23.5. The Morgan fingerprint density at radius 3 is 0.809 bits per heavy atom. The van der Waals surface area contributed by atoms with Crippen LogP contribution in [0.2, 0.25) is 0 Å². The third-order valence-electron chi connectivity index (χ3n) is 14.4. The predicted molar refractivity (Wildman–Crippen MR) is 289 cm³/mol. The van der Waals surface area contributed by atoms with E-state index in [1.54, 1.807) is 0 Å². The fourth-order valence-electron chi connectivity index (χ4n) is 11.3. The molecule has 68 heavy (non-hydrogen) atoms. The molecule has 6 aliphatic rings. The van der Waals surface area contributed by atoms with Gasteiger partial charge in [-0.25, -0.2) is 9.97 Å². The molecule has 2 N–H and O–H groups in total. The van der Waals surface area contributed by atoms with Crippen LogP contribution in [0.15, 0.2) is 121 Å². The predicted octanol–water partition coefficient (Wildman–Crippen LogP) is 12.6. The number of hydrogen-bond acceptors (Lipinski definition) is 6. The highest BCUT2D eigenvalue weighted by molar-refractivity contribution is 6.05. The van der Waals surface area contributed by atoms with Gasteiger partial charge in [0, 0.05) is 121 Å². The number of aromatic nitrogens is 4. The van der Waals surface area contributed by atoms with E-state index in [1.165, 1.54) is 67.3 Å². The lowest BCUT2D eigenvalue weighted by Gasteiger charge is -2.28. The third-order valence-corrected chi connectivity index (χ3v) is 14.4. The van der Waals surface area contributed by atoms with Gasteiger partial charge >= 0.3 is 0 Å². The summed E-state index contributed by atoms with van der Waals surface area (Å²) >= 11 is 0. The molecule has 8 bridgehead atoms. The summed E-state index contributed by atoms with van der Waals surface area (Å²) in [6, 6.07) is 43.6. The number of aromatic amines is 2. The number of rotatable bonds is 4. The number of anilines is 4. The number of hydrogen-bond donors (Lipinski definition) is 2. The lowest BCUT2D eigenvalue weighted by atomic mass is 9.96. The van der Waals surface area contributed by atoms with Crippen LogP contribution >= 0.6 is 0 Å². The van der Waals surface area contributed by atoms with Crippen LogP contribution in [0, 0.1) is 0 Å². The summed E-state index contributed by atoms with van der Waals surface area (Å²) in [5.74, 6) is 0. The number of nitrogens with one attached hydrogen (secondary N) is 2. The summed E-state index contributed by atoms with van der Waals surface area (Å²) in [6.07, 6.45) is 18.3. The van der Waals surface area contributed by atoms with Crippen LogP contribution in [-0.2, 0) is 0 Å². The Morgan fingerprint density at radius 1 is 0.324 bits per heavy atom. The maximum absolute atomic E-state index is 5.69. The Morgan fingerprint density at radius 2 is 0.559 bits per heavy atom. The van der Waals surface area contributed by atoms with E-state index in [4.69, 9.17) is 9.97 Å². The van der Waals surface area contributed by atoms with Crippen molar-refractivity contribution in [1.29, 1.82) is 0 Å². The van der Waals surface area contributed by atoms with Crippen molar-refractivity contribution in [2.75, 3.05) is 74.0 Å². The molecule has 4 aromatic carbocycles. The Labute approximate surface area is 396 Å². The topological polar surface area (TPSA) is 70.3 Å². The van der Waals surface area contributed by atoms with Gasteiger partial charge in [0.05, 0.1) is 22.8 Å². The summed E-state index contributed by atoms with van der Waals surface area (Å²) in [6.45, 7) is 2.93. The molecule has 0 saturated heterocycles. The van der Waals surface area contributed by atoms with Crippen molar-refractivity contribution in [3.05, 3.63) is 189 Å². The molecule has 6 aliphatic heterocycles. The van der Waals surface area contributed by atoms with Crippen molar-refractivity contribution in [3.8, 4) is 0 Å². The van der Waals surface area contributed by atoms with Crippen molar-refractivity contribution in [2.45, 2.75) is 0 Å². The third kappa shape index (κ3) is 6.58. The molecule has 0 fully saturated rings. The molecule has 0 amide bonds. The molecular weight excluding hydrogens is 833 g/mol. The van der Waals surface area contributed by atoms with Crippen molar-refractivity contribution < 1.29 is 0 Å². The van der Waals surface area contributed by atoms with Gasteiger partial charge in [0.15, 0.2) is 0 Å². The number of H-pyrrole nitrogens is 2. The van der Waals surface area contributed by atoms with Crippen LogP contribution in [0.1, 0.15) is 67.3 Å². The molecule has 0 unspecified atom stereocenters. The minimum atomic E-state index is 0.734. The van der Waals surface area contributed by atoms with Crippen LogP contribution in [0.25, 0.3) is 93.0 Å². The number of para-hydroxylation sites is 4. The zero-order chi connectivity index (χ0) is 45.6. The van der Waals surface area contributed by atoms with Gasteiger partial charge in [-0.3, -0.25) is 0 Å². The first-order valence-electron chi connectivity index (χ1n) is 23.5. The number of nitrogens with zero attached hydrogens (tertiary/aromatic N) is 6. The van der Waals surface area contributed by atoms with E-state index >= 15 is 0 Å². The molecule has 7 aromatic rings. The van der Waals surface area contributed by atoms with E-state index in [9.17, 15) is 0 Å². The Kier molecular flexibility index (Phi) is 9.19. The monoisotopic (exact) mass is 882 g/mol. The Hall–Kier alpha value is -8.36. The maximum atomic E-state index is 5.69. The van der Waals surface area contributed by atoms with Crippen molar-refractivity contribution >= 4 is 116 Å². The second-order valence-corrected chi connectivity index (χ2v) is 18.8. The van der Waals surface area contributed by atoms with Crippen LogP contribution in [-0.4, -0.2) is 74.3 Å². The quantitative estimate of drug-likeness (QED) is 0.183.